The first-order chi connectivity index (χ1) is 12.5. The van der Waals surface area contributed by atoms with Crippen molar-refractivity contribution in [3.63, 3.8) is 0 Å². The summed E-state index contributed by atoms with van der Waals surface area (Å²) in [5.41, 5.74) is 3.01. The Morgan fingerprint density at radius 3 is 2.85 bits per heavy atom. The average Bonchev–Trinajstić information content (AvgIpc) is 2.91. The van der Waals surface area contributed by atoms with Gasteiger partial charge in [0.25, 0.3) is 0 Å². The van der Waals surface area contributed by atoms with Crippen molar-refractivity contribution < 1.29 is 14.3 Å². The number of hydrogen-bond acceptors (Lipinski definition) is 5. The molecule has 0 saturated carbocycles. The van der Waals surface area contributed by atoms with Crippen LogP contribution in [-0.2, 0) is 27.3 Å². The lowest BCUT2D eigenvalue weighted by Crippen LogP contribution is -2.42. The van der Waals surface area contributed by atoms with E-state index < -0.39 is 0 Å². The van der Waals surface area contributed by atoms with Crippen LogP contribution >= 0.6 is 0 Å². The van der Waals surface area contributed by atoms with Gasteiger partial charge in [0.2, 0.25) is 5.91 Å². The van der Waals surface area contributed by atoms with Gasteiger partial charge in [0, 0.05) is 25.2 Å². The van der Waals surface area contributed by atoms with E-state index >= 15 is 0 Å². The summed E-state index contributed by atoms with van der Waals surface area (Å²) < 4.78 is 6.94. The number of esters is 1. The molecule has 1 fully saturated rings. The molecule has 7 nitrogen and oxygen atoms in total. The fraction of sp³-hybridized carbons (Fsp3) is 0.684. The summed E-state index contributed by atoms with van der Waals surface area (Å²) >= 11 is 0. The second-order valence-corrected chi connectivity index (χ2v) is 6.71. The van der Waals surface area contributed by atoms with Crippen LogP contribution in [0.1, 0.15) is 49.6 Å². The van der Waals surface area contributed by atoms with Gasteiger partial charge in [0.15, 0.2) is 0 Å². The highest BCUT2D eigenvalue weighted by molar-refractivity contribution is 5.78. The van der Waals surface area contributed by atoms with Crippen molar-refractivity contribution in [3.05, 3.63) is 17.0 Å². The molecule has 0 spiro atoms. The van der Waals surface area contributed by atoms with Crippen LogP contribution in [0.25, 0.3) is 0 Å². The molecule has 2 heterocycles. The Kier molecular flexibility index (Phi) is 7.19. The summed E-state index contributed by atoms with van der Waals surface area (Å²) in [5, 5.41) is 13.2. The molecule has 1 atom stereocenters. The zero-order valence-corrected chi connectivity index (χ0v) is 16.0. The number of nitrogens with zero attached hydrogens (tertiary/aromatic N) is 4. The third kappa shape index (κ3) is 4.84. The Morgan fingerprint density at radius 1 is 1.38 bits per heavy atom. The Balaban J connectivity index is 1.93. The minimum atomic E-state index is -0.204. The predicted molar refractivity (Wildman–Crippen MR) is 96.2 cm³/mol. The van der Waals surface area contributed by atoms with Crippen LogP contribution in [0.3, 0.4) is 0 Å². The van der Waals surface area contributed by atoms with Gasteiger partial charge in [-0.25, -0.2) is 0 Å². The molecule has 1 saturated heterocycles. The van der Waals surface area contributed by atoms with E-state index in [0.717, 1.165) is 29.8 Å². The van der Waals surface area contributed by atoms with E-state index in [9.17, 15) is 9.59 Å². The largest absolute Gasteiger partial charge is 0.466 e. The minimum Gasteiger partial charge on any atom is -0.466 e. The van der Waals surface area contributed by atoms with E-state index in [2.05, 4.69) is 11.2 Å². The van der Waals surface area contributed by atoms with Gasteiger partial charge >= 0.3 is 5.97 Å². The number of amides is 1. The molecule has 1 unspecified atom stereocenters. The number of ether oxygens (including phenoxy) is 1. The number of carbonyl (C=O) groups excluding carboxylic acids is 2. The standard InChI is InChI=1S/C19H28N4O3/c1-4-26-19(25)16-7-5-11-22(13-16)18(24)9-8-17-14(2)21-23(15(17)3)12-6-10-20/h16H,4-9,11-13H2,1-3H3. The molecule has 1 amide bonds. The first-order valence-corrected chi connectivity index (χ1v) is 9.32. The van der Waals surface area contributed by atoms with Crippen LogP contribution in [0, 0.1) is 31.1 Å². The molecule has 1 aliphatic heterocycles. The molecule has 7 heteroatoms. The first-order valence-electron chi connectivity index (χ1n) is 9.32. The van der Waals surface area contributed by atoms with Crippen molar-refractivity contribution in [2.24, 2.45) is 5.92 Å². The molecule has 1 aromatic rings. The maximum atomic E-state index is 12.6. The van der Waals surface area contributed by atoms with E-state index in [0.29, 0.717) is 45.5 Å². The second-order valence-electron chi connectivity index (χ2n) is 6.71. The van der Waals surface area contributed by atoms with Crippen LogP contribution in [0.2, 0.25) is 0 Å². The Labute approximate surface area is 154 Å². The number of aryl methyl sites for hydroxylation is 2. The third-order valence-corrected chi connectivity index (χ3v) is 4.95. The van der Waals surface area contributed by atoms with Gasteiger partial charge in [-0.3, -0.25) is 14.3 Å². The zero-order chi connectivity index (χ0) is 19.1. The summed E-state index contributed by atoms with van der Waals surface area (Å²) in [7, 11) is 0. The van der Waals surface area contributed by atoms with Gasteiger partial charge in [-0.05, 0) is 45.6 Å². The summed E-state index contributed by atoms with van der Waals surface area (Å²) in [6, 6.07) is 2.13. The summed E-state index contributed by atoms with van der Waals surface area (Å²) in [4.78, 5) is 26.3. The maximum Gasteiger partial charge on any atom is 0.310 e. The van der Waals surface area contributed by atoms with E-state index in [1.165, 1.54) is 0 Å². The van der Waals surface area contributed by atoms with Crippen molar-refractivity contribution in [1.29, 1.82) is 5.26 Å². The zero-order valence-electron chi connectivity index (χ0n) is 16.0. The molecule has 1 aliphatic rings. The molecule has 142 valence electrons. The highest BCUT2D eigenvalue weighted by Crippen LogP contribution is 2.20. The molecule has 0 aromatic carbocycles. The number of aromatic nitrogens is 2. The van der Waals surface area contributed by atoms with Crippen molar-refractivity contribution in [2.45, 2.75) is 59.4 Å². The molecule has 0 aliphatic carbocycles. The van der Waals surface area contributed by atoms with Crippen molar-refractivity contribution in [1.82, 2.24) is 14.7 Å². The molecule has 1 aromatic heterocycles. The number of carbonyl (C=O) groups is 2. The lowest BCUT2D eigenvalue weighted by atomic mass is 9.97. The van der Waals surface area contributed by atoms with Gasteiger partial charge in [-0.2, -0.15) is 10.4 Å². The minimum absolute atomic E-state index is 0.0718. The van der Waals surface area contributed by atoms with Crippen molar-refractivity contribution in [2.75, 3.05) is 19.7 Å². The number of hydrogen-bond donors (Lipinski definition) is 0. The van der Waals surface area contributed by atoms with Gasteiger partial charge in [0.1, 0.15) is 0 Å². The van der Waals surface area contributed by atoms with Crippen LogP contribution in [0.15, 0.2) is 0 Å². The molecular weight excluding hydrogens is 332 g/mol. The van der Waals surface area contributed by atoms with Crippen LogP contribution in [0.5, 0.6) is 0 Å². The van der Waals surface area contributed by atoms with E-state index in [4.69, 9.17) is 10.00 Å². The fourth-order valence-electron chi connectivity index (χ4n) is 3.52. The average molecular weight is 360 g/mol. The SMILES string of the molecule is CCOC(=O)C1CCCN(C(=O)CCc2c(C)nn(CCC#N)c2C)C1. The first kappa shape index (κ1) is 20.0. The normalized spacial score (nSPS) is 17.0. The van der Waals surface area contributed by atoms with Gasteiger partial charge in [-0.15, -0.1) is 0 Å². The Hall–Kier alpha value is -2.36. The smallest absolute Gasteiger partial charge is 0.310 e. The molecule has 0 radical (unpaired) electrons. The van der Waals surface area contributed by atoms with E-state index in [-0.39, 0.29) is 17.8 Å². The number of nitriles is 1. The fourth-order valence-corrected chi connectivity index (χ4v) is 3.52. The summed E-state index contributed by atoms with van der Waals surface area (Å²) in [5.74, 6) is -0.331. The summed E-state index contributed by atoms with van der Waals surface area (Å²) in [6.45, 7) is 7.82. The Bertz CT molecular complexity index is 690. The Morgan fingerprint density at radius 2 is 2.15 bits per heavy atom. The number of piperidine rings is 1. The predicted octanol–water partition coefficient (Wildman–Crippen LogP) is 2.15. The number of rotatable bonds is 7. The summed E-state index contributed by atoms with van der Waals surface area (Å²) in [6.07, 6.45) is 3.07. The quantitative estimate of drug-likeness (QED) is 0.695. The maximum absolute atomic E-state index is 12.6. The lowest BCUT2D eigenvalue weighted by molar-refractivity contribution is -0.151. The molecule has 2 rings (SSSR count). The second kappa shape index (κ2) is 9.37. The highest BCUT2D eigenvalue weighted by Gasteiger charge is 2.29. The molecular formula is C19H28N4O3. The van der Waals surface area contributed by atoms with E-state index in [1.807, 2.05) is 18.5 Å². The number of likely N-dealkylation sites (tertiary alicyclic amines) is 1. The van der Waals surface area contributed by atoms with Crippen LogP contribution < -0.4 is 0 Å². The lowest BCUT2D eigenvalue weighted by Gasteiger charge is -2.31. The van der Waals surface area contributed by atoms with Gasteiger partial charge in [-0.1, -0.05) is 0 Å². The van der Waals surface area contributed by atoms with Crippen molar-refractivity contribution >= 4 is 11.9 Å². The highest BCUT2D eigenvalue weighted by atomic mass is 16.5. The molecule has 0 bridgehead atoms. The third-order valence-electron chi connectivity index (χ3n) is 4.95. The van der Waals surface area contributed by atoms with Crippen molar-refractivity contribution in [3.8, 4) is 6.07 Å². The molecule has 0 N–H and O–H groups in total. The van der Waals surface area contributed by atoms with Gasteiger partial charge < -0.3 is 9.64 Å². The van der Waals surface area contributed by atoms with E-state index in [1.54, 1.807) is 11.8 Å². The topological polar surface area (TPSA) is 88.2 Å². The van der Waals surface area contributed by atoms with Crippen LogP contribution in [0.4, 0.5) is 0 Å². The van der Waals surface area contributed by atoms with Crippen LogP contribution in [-0.4, -0.2) is 46.3 Å². The van der Waals surface area contributed by atoms with Gasteiger partial charge in [0.05, 0.1) is 37.3 Å². The molecule has 26 heavy (non-hydrogen) atoms. The monoisotopic (exact) mass is 360 g/mol.